The zero-order valence-electron chi connectivity index (χ0n) is 14.8. The summed E-state index contributed by atoms with van der Waals surface area (Å²) in [5.74, 6) is 0.607. The SMILES string of the molecule is COc1ccc(CC(=O)N2CCN(Cc3c(F)cccc3Cl)CC2)cc1. The summed E-state index contributed by atoms with van der Waals surface area (Å²) in [4.78, 5) is 16.5. The molecule has 6 heteroatoms. The van der Waals surface area contributed by atoms with Crippen LogP contribution < -0.4 is 4.74 Å². The van der Waals surface area contributed by atoms with Crippen LogP contribution in [0.2, 0.25) is 5.02 Å². The number of carbonyl (C=O) groups excluding carboxylic acids is 1. The van der Waals surface area contributed by atoms with Crippen molar-refractivity contribution in [3.05, 3.63) is 64.4 Å². The van der Waals surface area contributed by atoms with Gasteiger partial charge < -0.3 is 9.64 Å². The Hall–Kier alpha value is -2.11. The molecule has 0 spiro atoms. The van der Waals surface area contributed by atoms with Gasteiger partial charge in [-0.1, -0.05) is 29.8 Å². The van der Waals surface area contributed by atoms with Crippen molar-refractivity contribution in [3.8, 4) is 5.75 Å². The average molecular weight is 377 g/mol. The van der Waals surface area contributed by atoms with Crippen LogP contribution in [-0.4, -0.2) is 49.0 Å². The maximum absolute atomic E-state index is 13.9. The highest BCUT2D eigenvalue weighted by atomic mass is 35.5. The van der Waals surface area contributed by atoms with E-state index < -0.39 is 0 Å². The van der Waals surface area contributed by atoms with Gasteiger partial charge in [0.25, 0.3) is 0 Å². The fourth-order valence-corrected chi connectivity index (χ4v) is 3.31. The molecule has 3 rings (SSSR count). The van der Waals surface area contributed by atoms with E-state index >= 15 is 0 Å². The number of nitrogens with zero attached hydrogens (tertiary/aromatic N) is 2. The number of ether oxygens (including phenoxy) is 1. The Labute approximate surface area is 158 Å². The zero-order chi connectivity index (χ0) is 18.5. The molecule has 0 aliphatic carbocycles. The highest BCUT2D eigenvalue weighted by Crippen LogP contribution is 2.21. The van der Waals surface area contributed by atoms with E-state index in [-0.39, 0.29) is 11.7 Å². The van der Waals surface area contributed by atoms with Gasteiger partial charge in [0.05, 0.1) is 13.5 Å². The van der Waals surface area contributed by atoms with Crippen LogP contribution in [-0.2, 0) is 17.8 Å². The third kappa shape index (κ3) is 4.54. The van der Waals surface area contributed by atoms with Gasteiger partial charge in [-0.15, -0.1) is 0 Å². The molecule has 4 nitrogen and oxygen atoms in total. The predicted octanol–water partition coefficient (Wildman–Crippen LogP) is 3.37. The molecule has 0 aromatic heterocycles. The second-order valence-corrected chi connectivity index (χ2v) is 6.79. The largest absolute Gasteiger partial charge is 0.497 e. The van der Waals surface area contributed by atoms with Crippen LogP contribution in [0, 0.1) is 5.82 Å². The number of amides is 1. The molecule has 0 bridgehead atoms. The van der Waals surface area contributed by atoms with Crippen molar-refractivity contribution < 1.29 is 13.9 Å². The Morgan fingerprint density at radius 1 is 1.12 bits per heavy atom. The lowest BCUT2D eigenvalue weighted by Crippen LogP contribution is -2.48. The van der Waals surface area contributed by atoms with Crippen LogP contribution in [0.25, 0.3) is 0 Å². The average Bonchev–Trinajstić information content (AvgIpc) is 2.66. The minimum Gasteiger partial charge on any atom is -0.497 e. The van der Waals surface area contributed by atoms with Crippen molar-refractivity contribution in [2.45, 2.75) is 13.0 Å². The first-order chi connectivity index (χ1) is 12.6. The summed E-state index contributed by atoms with van der Waals surface area (Å²) in [5.41, 5.74) is 1.49. The second kappa shape index (κ2) is 8.52. The molecule has 138 valence electrons. The van der Waals surface area contributed by atoms with Gasteiger partial charge in [0.15, 0.2) is 0 Å². The van der Waals surface area contributed by atoms with Crippen molar-refractivity contribution in [1.82, 2.24) is 9.80 Å². The fraction of sp³-hybridized carbons (Fsp3) is 0.350. The predicted molar refractivity (Wildman–Crippen MR) is 100.0 cm³/mol. The number of rotatable bonds is 5. The van der Waals surface area contributed by atoms with E-state index in [0.29, 0.717) is 49.7 Å². The number of halogens is 2. The third-order valence-electron chi connectivity index (χ3n) is 4.68. The van der Waals surface area contributed by atoms with Crippen molar-refractivity contribution in [3.63, 3.8) is 0 Å². The molecular formula is C20H22ClFN2O2. The van der Waals surface area contributed by atoms with Gasteiger partial charge >= 0.3 is 0 Å². The number of benzene rings is 2. The van der Waals surface area contributed by atoms with Crippen LogP contribution in [0.15, 0.2) is 42.5 Å². The first-order valence-electron chi connectivity index (χ1n) is 8.63. The van der Waals surface area contributed by atoms with Crippen LogP contribution in [0.5, 0.6) is 5.75 Å². The monoisotopic (exact) mass is 376 g/mol. The maximum atomic E-state index is 13.9. The van der Waals surface area contributed by atoms with E-state index in [1.165, 1.54) is 6.07 Å². The number of methoxy groups -OCH3 is 1. The van der Waals surface area contributed by atoms with Gasteiger partial charge in [0.2, 0.25) is 5.91 Å². The van der Waals surface area contributed by atoms with Gasteiger partial charge in [-0.2, -0.15) is 0 Å². The minimum atomic E-state index is -0.282. The molecule has 0 N–H and O–H groups in total. The quantitative estimate of drug-likeness (QED) is 0.802. The molecule has 1 aliphatic heterocycles. The van der Waals surface area contributed by atoms with Gasteiger partial charge in [-0.3, -0.25) is 9.69 Å². The molecule has 26 heavy (non-hydrogen) atoms. The Bertz CT molecular complexity index is 739. The summed E-state index contributed by atoms with van der Waals surface area (Å²) >= 11 is 6.10. The molecule has 2 aromatic carbocycles. The van der Waals surface area contributed by atoms with Crippen molar-refractivity contribution in [2.24, 2.45) is 0 Å². The molecule has 0 atom stereocenters. The zero-order valence-corrected chi connectivity index (χ0v) is 15.5. The standard InChI is InChI=1S/C20H22ClFN2O2/c1-26-16-7-5-15(6-8-16)13-20(25)24-11-9-23(10-12-24)14-17-18(21)3-2-4-19(17)22/h2-8H,9-14H2,1H3. The molecule has 0 unspecified atom stereocenters. The van der Waals surface area contributed by atoms with Crippen LogP contribution in [0.3, 0.4) is 0 Å². The van der Waals surface area contributed by atoms with Crippen LogP contribution >= 0.6 is 11.6 Å². The number of piperazine rings is 1. The van der Waals surface area contributed by atoms with Crippen molar-refractivity contribution in [1.29, 1.82) is 0 Å². The fourth-order valence-electron chi connectivity index (χ4n) is 3.09. The lowest BCUT2D eigenvalue weighted by atomic mass is 10.1. The lowest BCUT2D eigenvalue weighted by Gasteiger charge is -2.35. The second-order valence-electron chi connectivity index (χ2n) is 6.38. The molecule has 2 aromatic rings. The van der Waals surface area contributed by atoms with E-state index in [1.54, 1.807) is 19.2 Å². The summed E-state index contributed by atoms with van der Waals surface area (Å²) < 4.78 is 19.1. The van der Waals surface area contributed by atoms with Gasteiger partial charge in [0.1, 0.15) is 11.6 Å². The Morgan fingerprint density at radius 2 is 1.81 bits per heavy atom. The number of hydrogen-bond acceptors (Lipinski definition) is 3. The molecule has 0 saturated carbocycles. The molecule has 1 aliphatic rings. The smallest absolute Gasteiger partial charge is 0.227 e. The summed E-state index contributed by atoms with van der Waals surface area (Å²) in [6.07, 6.45) is 0.378. The Kier molecular flexibility index (Phi) is 6.12. The van der Waals surface area contributed by atoms with Gasteiger partial charge in [-0.05, 0) is 29.8 Å². The molecule has 1 amide bonds. The van der Waals surface area contributed by atoms with Crippen molar-refractivity contribution >= 4 is 17.5 Å². The first-order valence-corrected chi connectivity index (χ1v) is 9.00. The summed E-state index contributed by atoms with van der Waals surface area (Å²) in [6, 6.07) is 12.3. The minimum absolute atomic E-state index is 0.110. The number of carbonyl (C=O) groups is 1. The number of hydrogen-bond donors (Lipinski definition) is 0. The summed E-state index contributed by atoms with van der Waals surface area (Å²) in [6.45, 7) is 3.16. The van der Waals surface area contributed by atoms with E-state index in [1.807, 2.05) is 29.2 Å². The summed E-state index contributed by atoms with van der Waals surface area (Å²) in [5, 5.41) is 0.447. The normalized spacial score (nSPS) is 15.1. The third-order valence-corrected chi connectivity index (χ3v) is 5.04. The molecule has 0 radical (unpaired) electrons. The highest BCUT2D eigenvalue weighted by Gasteiger charge is 2.22. The molecule has 1 heterocycles. The summed E-state index contributed by atoms with van der Waals surface area (Å²) in [7, 11) is 1.62. The van der Waals surface area contributed by atoms with E-state index in [4.69, 9.17) is 16.3 Å². The Balaban J connectivity index is 1.52. The van der Waals surface area contributed by atoms with Gasteiger partial charge in [0, 0.05) is 43.3 Å². The van der Waals surface area contributed by atoms with E-state index in [9.17, 15) is 9.18 Å². The van der Waals surface area contributed by atoms with E-state index in [2.05, 4.69) is 4.90 Å². The highest BCUT2D eigenvalue weighted by molar-refractivity contribution is 6.31. The first kappa shape index (κ1) is 18.7. The van der Waals surface area contributed by atoms with Crippen LogP contribution in [0.4, 0.5) is 4.39 Å². The molecule has 1 fully saturated rings. The Morgan fingerprint density at radius 3 is 2.42 bits per heavy atom. The van der Waals surface area contributed by atoms with Crippen molar-refractivity contribution in [2.75, 3.05) is 33.3 Å². The van der Waals surface area contributed by atoms with Gasteiger partial charge in [-0.25, -0.2) is 4.39 Å². The topological polar surface area (TPSA) is 32.8 Å². The lowest BCUT2D eigenvalue weighted by molar-refractivity contribution is -0.132. The van der Waals surface area contributed by atoms with Crippen LogP contribution in [0.1, 0.15) is 11.1 Å². The molecule has 1 saturated heterocycles. The van der Waals surface area contributed by atoms with E-state index in [0.717, 1.165) is 11.3 Å². The maximum Gasteiger partial charge on any atom is 0.227 e. The molecular weight excluding hydrogens is 355 g/mol.